The molecule has 0 saturated carbocycles. The number of benzene rings is 7. The number of non-ortho nitro benzene ring substituents is 1. The molecule has 0 fully saturated rings. The predicted molar refractivity (Wildman–Crippen MR) is 275 cm³/mol. The van der Waals surface area contributed by atoms with Crippen LogP contribution in [-0.4, -0.2) is 92.8 Å². The summed E-state index contributed by atoms with van der Waals surface area (Å²) in [5, 5.41) is 135. The summed E-state index contributed by atoms with van der Waals surface area (Å²) in [6.07, 6.45) is 0. The first-order valence-electron chi connectivity index (χ1n) is 21.0. The summed E-state index contributed by atoms with van der Waals surface area (Å²) in [6.45, 7) is -0.534. The van der Waals surface area contributed by atoms with Gasteiger partial charge in [0.25, 0.3) is 25.9 Å². The van der Waals surface area contributed by atoms with Crippen molar-refractivity contribution in [2.45, 2.75) is 24.5 Å². The maximum absolute atomic E-state index is 12.9. The molecule has 0 aliphatic rings. The molecule has 36 nitrogen and oxygen atoms in total. The highest BCUT2D eigenvalue weighted by molar-refractivity contribution is 7.95. The Morgan fingerprint density at radius 2 is 1.13 bits per heavy atom. The minimum absolute atomic E-state index is 0.0441. The number of nitrogens with zero attached hydrogens (tertiary/aromatic N) is 10. The Kier molecular flexibility index (Phi) is 19.7. The quantitative estimate of drug-likeness (QED) is 0.00488. The van der Waals surface area contributed by atoms with Gasteiger partial charge in [-0.05, 0) is 78.2 Å². The Morgan fingerprint density at radius 1 is 0.524 bits per heavy atom. The summed E-state index contributed by atoms with van der Waals surface area (Å²) < 4.78 is 114. The van der Waals surface area contributed by atoms with Gasteiger partial charge in [0.05, 0.1) is 89.5 Å². The molecule has 7 rings (SSSR count). The van der Waals surface area contributed by atoms with Crippen molar-refractivity contribution in [2.75, 3.05) is 12.4 Å². The van der Waals surface area contributed by atoms with Gasteiger partial charge in [0.1, 0.15) is 33.4 Å². The van der Waals surface area contributed by atoms with E-state index in [1.54, 1.807) is 0 Å². The van der Waals surface area contributed by atoms with Gasteiger partial charge in [-0.15, -0.1) is 53.9 Å². The van der Waals surface area contributed by atoms with Crippen molar-refractivity contribution in [1.29, 1.82) is 0 Å². The molecule has 0 bridgehead atoms. The van der Waals surface area contributed by atoms with Gasteiger partial charge in [-0.3, -0.25) is 33.5 Å². The van der Waals surface area contributed by atoms with Gasteiger partial charge in [0, 0.05) is 21.7 Å². The molecule has 0 aromatic heterocycles. The second-order valence-electron chi connectivity index (χ2n) is 15.3. The Bertz CT molecular complexity index is 4160. The molecule has 7 aromatic carbocycles. The number of aromatic hydroxyl groups is 4. The largest absolute Gasteiger partial charge is 0.505 e. The Balaban J connectivity index is 1.32. The molecule has 0 aliphatic carbocycles. The highest BCUT2D eigenvalue weighted by Gasteiger charge is 2.27. The van der Waals surface area contributed by atoms with Crippen molar-refractivity contribution in [3.8, 4) is 23.0 Å². The Labute approximate surface area is 467 Å². The molecule has 7 aromatic rings. The fourth-order valence-corrected chi connectivity index (χ4v) is 10.4. The van der Waals surface area contributed by atoms with E-state index in [9.17, 15) is 75.0 Å². The van der Waals surface area contributed by atoms with Crippen LogP contribution in [0.5, 0.6) is 23.0 Å². The molecule has 0 aliphatic heterocycles. The maximum atomic E-state index is 12.9. The summed E-state index contributed by atoms with van der Waals surface area (Å²) in [7, 11) is -14.6. The van der Waals surface area contributed by atoms with Crippen LogP contribution in [0.2, 0.25) is 0 Å². The molecule has 0 heterocycles. The summed E-state index contributed by atoms with van der Waals surface area (Å²) >= 11 is 0.748. The van der Waals surface area contributed by atoms with Crippen molar-refractivity contribution in [3.63, 3.8) is 0 Å². The van der Waals surface area contributed by atoms with Crippen LogP contribution in [0.25, 0.3) is 21.5 Å². The Morgan fingerprint density at radius 3 is 1.80 bits per heavy atom. The number of phenolic OH excluding ortho intramolecular Hbond substituents is 4. The molecule has 0 unspecified atom stereocenters. The van der Waals surface area contributed by atoms with E-state index in [-0.39, 0.29) is 61.7 Å². The molecule has 82 heavy (non-hydrogen) atoms. The fraction of sp³-hybridized carbons (Fsp3) is 0.0500. The number of phenols is 4. The highest BCUT2D eigenvalue weighted by atomic mass is 32.2. The zero-order valence-corrected chi connectivity index (χ0v) is 44.4. The van der Waals surface area contributed by atoms with Gasteiger partial charge in [0.15, 0.2) is 39.3 Å². The number of sulfone groups is 1. The van der Waals surface area contributed by atoms with Crippen molar-refractivity contribution < 1.29 is 113 Å². The van der Waals surface area contributed by atoms with E-state index in [2.05, 4.69) is 69.0 Å². The van der Waals surface area contributed by atoms with Gasteiger partial charge in [-0.25, -0.2) is 24.2 Å². The Hall–Kier alpha value is -8.12. The number of nitro benzene ring substituents is 2. The lowest BCUT2D eigenvalue weighted by Crippen LogP contribution is -2.12. The number of rotatable bonds is 25. The average Bonchev–Trinajstić information content (AvgIpc) is 3.44. The second-order valence-corrected chi connectivity index (χ2v) is 22.2. The first-order chi connectivity index (χ1) is 38.9. The van der Waals surface area contributed by atoms with Gasteiger partial charge in [-0.2, -0.15) is 16.8 Å². The van der Waals surface area contributed by atoms with Crippen LogP contribution in [-0.2, 0) is 62.4 Å². The van der Waals surface area contributed by atoms with Crippen molar-refractivity contribution >= 4 is 145 Å². The van der Waals surface area contributed by atoms with E-state index >= 15 is 0 Å². The van der Waals surface area contributed by atoms with Crippen molar-refractivity contribution in [3.05, 3.63) is 111 Å². The van der Waals surface area contributed by atoms with E-state index in [4.69, 9.17) is 20.0 Å². The molecule has 9 N–H and O–H groups in total. The van der Waals surface area contributed by atoms with E-state index in [1.807, 2.05) is 0 Å². The van der Waals surface area contributed by atoms with Crippen LogP contribution in [0.3, 0.4) is 0 Å². The van der Waals surface area contributed by atoms with Crippen LogP contribution >= 0.6 is 36.4 Å². The molecule has 430 valence electrons. The van der Waals surface area contributed by atoms with Gasteiger partial charge >= 0.3 is 5.69 Å². The van der Waals surface area contributed by atoms with Crippen molar-refractivity contribution in [1.82, 2.24) is 0 Å². The number of fused-ring (bicyclic) bond motifs is 2. The van der Waals surface area contributed by atoms with Gasteiger partial charge in [0.2, 0.25) is 5.75 Å². The third kappa shape index (κ3) is 14.5. The minimum Gasteiger partial charge on any atom is -0.505 e. The lowest BCUT2D eigenvalue weighted by atomic mass is 10.1. The minimum atomic E-state index is -5.18. The van der Waals surface area contributed by atoms with Gasteiger partial charge < -0.3 is 20.4 Å². The molecule has 0 amide bonds. The predicted octanol–water partition coefficient (Wildman–Crippen LogP) is 11.4. The molecule has 0 spiro atoms. The molecular weight excluding hydrogens is 1230 g/mol. The standard InChI is InChI=1S/C40H28N10O26S6/c51-32-8-7-28(39(53)36(32)47-46-30-13-19(49(55)56)14-31(38(30)52)50(57)58)44-45-29-16-22(81(64,65)66)11-18-12-33(78-75-72-60)37(40(54)35(18)29)48-42-26-6-5-25(23-3-1-20(15-24(23)26)77-74-71-59)41-43-27-4-2-21(17-34(27)82(67,68)69)80(62,63)10-9-70-79-76-73-61/h1-8,11-17,51-54,59-61H,9-10H2,(H,64,65,66)(H,67,68,69)/b43-41+,45-44-,47-46+,48-42+. The van der Waals surface area contributed by atoms with E-state index in [0.29, 0.717) is 36.3 Å². The average molecular weight is 1260 g/mol. The van der Waals surface area contributed by atoms with E-state index in [0.717, 1.165) is 36.4 Å². The third-order valence-electron chi connectivity index (χ3n) is 10.4. The molecule has 42 heteroatoms. The van der Waals surface area contributed by atoms with Crippen molar-refractivity contribution in [2.24, 2.45) is 40.9 Å². The lowest BCUT2D eigenvalue weighted by molar-refractivity contribution is -0.434. The molecule has 0 radical (unpaired) electrons. The van der Waals surface area contributed by atoms with Crippen LogP contribution in [0.15, 0.2) is 156 Å². The summed E-state index contributed by atoms with van der Waals surface area (Å²) in [6, 6.07) is 14.7. The number of hydrogen-bond donors (Lipinski definition) is 9. The number of hydrogen-bond acceptors (Lipinski definition) is 35. The molecule has 0 atom stereocenters. The van der Waals surface area contributed by atoms with Crippen LogP contribution in [0.4, 0.5) is 56.9 Å². The summed E-state index contributed by atoms with van der Waals surface area (Å²) in [4.78, 5) is 18.1. The molecular formula is C40H28N10O26S6. The maximum Gasteiger partial charge on any atom is 0.319 e. The van der Waals surface area contributed by atoms with E-state index < -0.39 is 141 Å². The van der Waals surface area contributed by atoms with E-state index in [1.165, 1.54) is 30.3 Å². The van der Waals surface area contributed by atoms with Gasteiger partial charge in [-0.1, -0.05) is 21.2 Å². The number of azo groups is 4. The topological polar surface area (TPSA) is 534 Å². The second kappa shape index (κ2) is 26.2. The monoisotopic (exact) mass is 1260 g/mol. The first kappa shape index (κ1) is 61.5. The van der Waals surface area contributed by atoms with Crippen LogP contribution in [0, 0.1) is 20.2 Å². The smallest absolute Gasteiger partial charge is 0.319 e. The first-order valence-corrected chi connectivity index (χ1v) is 27.7. The fourth-order valence-electron chi connectivity index (χ4n) is 6.83. The third-order valence-corrected chi connectivity index (χ3v) is 15.3. The summed E-state index contributed by atoms with van der Waals surface area (Å²) in [5.41, 5.74) is -6.17. The highest BCUT2D eigenvalue weighted by Crippen LogP contribution is 2.50. The zero-order valence-electron chi connectivity index (χ0n) is 39.5. The SMILES string of the molecule is O=[N+]([O-])c1cc(/N=N/c2c(O)ccc(/N=N\c3cc(S(=O)(=O)O)cc4cc(SOOO)c(/N=N/c5ccc(/N=N/c6ccc(S(=O)(=O)CCOSOOO)cc6S(=O)(=O)O)c6ccc(SOOO)cc56)c(O)c34)c2O)c(O)c([N+](=O)[O-])c1. The van der Waals surface area contributed by atoms with Crippen LogP contribution < -0.4 is 0 Å². The summed E-state index contributed by atoms with van der Waals surface area (Å²) in [5.74, 6) is -4.71. The zero-order chi connectivity index (χ0) is 59.7. The normalized spacial score (nSPS) is 12.5. The van der Waals surface area contributed by atoms with Crippen LogP contribution in [0.1, 0.15) is 0 Å². The number of nitro groups is 2. The lowest BCUT2D eigenvalue weighted by Gasteiger charge is -2.12. The molecule has 0 saturated heterocycles.